The Kier molecular flexibility index (Phi) is 3.70. The molecule has 0 saturated heterocycles. The summed E-state index contributed by atoms with van der Waals surface area (Å²) in [4.78, 5) is 12.0. The minimum Gasteiger partial charge on any atom is -0.485 e. The third-order valence-electron chi connectivity index (χ3n) is 3.66. The van der Waals surface area contributed by atoms with E-state index in [4.69, 9.17) is 9.15 Å². The molecular weight excluding hydrogens is 310 g/mol. The van der Waals surface area contributed by atoms with Gasteiger partial charge in [-0.1, -0.05) is 6.07 Å². The lowest BCUT2D eigenvalue weighted by Gasteiger charge is -2.08. The molecule has 0 aliphatic heterocycles. The van der Waals surface area contributed by atoms with Crippen LogP contribution >= 0.6 is 0 Å². The van der Waals surface area contributed by atoms with Crippen molar-refractivity contribution in [1.82, 2.24) is 20.2 Å². The number of carbonyl (C=O) groups is 1. The van der Waals surface area contributed by atoms with Crippen LogP contribution in [0.3, 0.4) is 0 Å². The zero-order chi connectivity index (χ0) is 16.4. The minimum absolute atomic E-state index is 0.255. The van der Waals surface area contributed by atoms with Gasteiger partial charge in [0.25, 0.3) is 5.91 Å². The Morgan fingerprint density at radius 2 is 2.25 bits per heavy atom. The van der Waals surface area contributed by atoms with Crippen LogP contribution in [-0.4, -0.2) is 26.1 Å². The quantitative estimate of drug-likeness (QED) is 0.748. The molecule has 1 saturated carbocycles. The van der Waals surface area contributed by atoms with Crippen molar-refractivity contribution in [3.8, 4) is 5.75 Å². The number of hydrogen-bond donors (Lipinski definition) is 1. The van der Waals surface area contributed by atoms with Gasteiger partial charge in [-0.25, -0.2) is 4.68 Å². The number of furan rings is 1. The van der Waals surface area contributed by atoms with Crippen molar-refractivity contribution in [2.24, 2.45) is 0 Å². The van der Waals surface area contributed by atoms with Gasteiger partial charge in [0.15, 0.2) is 11.6 Å². The van der Waals surface area contributed by atoms with Crippen molar-refractivity contribution < 1.29 is 13.9 Å². The first-order valence-electron chi connectivity index (χ1n) is 7.64. The number of nitrogens with one attached hydrogen (secondary N) is 1. The molecule has 0 bridgehead atoms. The Hall–Kier alpha value is -3.16. The topological polar surface area (TPSA) is 95.1 Å². The largest absolute Gasteiger partial charge is 0.485 e. The second kappa shape index (κ2) is 6.15. The average Bonchev–Trinajstić information content (AvgIpc) is 3.11. The lowest BCUT2D eigenvalue weighted by Crippen LogP contribution is -2.11. The average molecular weight is 325 g/mol. The van der Waals surface area contributed by atoms with Gasteiger partial charge < -0.3 is 14.5 Å². The van der Waals surface area contributed by atoms with Gasteiger partial charge in [-0.15, -0.1) is 5.10 Å². The summed E-state index contributed by atoms with van der Waals surface area (Å²) in [5.74, 6) is 1.26. The number of ether oxygens (including phenoxy) is 1. The smallest absolute Gasteiger partial charge is 0.291 e. The minimum atomic E-state index is -0.310. The van der Waals surface area contributed by atoms with Crippen LogP contribution in [0.25, 0.3) is 0 Å². The Balaban J connectivity index is 1.41. The van der Waals surface area contributed by atoms with Crippen molar-refractivity contribution in [2.75, 3.05) is 5.32 Å². The lowest BCUT2D eigenvalue weighted by atomic mass is 10.3. The highest BCUT2D eigenvalue weighted by atomic mass is 16.5. The molecule has 0 unspecified atom stereocenters. The number of rotatable bonds is 6. The molecule has 1 amide bonds. The third kappa shape index (κ3) is 3.12. The predicted octanol–water partition coefficient (Wildman–Crippen LogP) is 2.43. The Morgan fingerprint density at radius 1 is 1.33 bits per heavy atom. The summed E-state index contributed by atoms with van der Waals surface area (Å²) in [5.41, 5.74) is 0.621. The maximum absolute atomic E-state index is 12.0. The maximum Gasteiger partial charge on any atom is 0.291 e. The summed E-state index contributed by atoms with van der Waals surface area (Å²) in [7, 11) is 0. The molecule has 1 aromatic carbocycles. The zero-order valence-corrected chi connectivity index (χ0v) is 12.8. The molecule has 8 heteroatoms. The first kappa shape index (κ1) is 14.4. The summed E-state index contributed by atoms with van der Waals surface area (Å²) in [6.07, 6.45) is 3.66. The van der Waals surface area contributed by atoms with E-state index in [1.807, 2.05) is 10.7 Å². The van der Waals surface area contributed by atoms with Crippen molar-refractivity contribution >= 4 is 11.6 Å². The van der Waals surface area contributed by atoms with Gasteiger partial charge in [-0.3, -0.25) is 4.79 Å². The van der Waals surface area contributed by atoms with Crippen LogP contribution in [0.5, 0.6) is 5.75 Å². The summed E-state index contributed by atoms with van der Waals surface area (Å²) in [5, 5.41) is 14.4. The van der Waals surface area contributed by atoms with E-state index in [0.717, 1.165) is 12.8 Å². The van der Waals surface area contributed by atoms with Gasteiger partial charge in [0.1, 0.15) is 12.4 Å². The Labute approximate surface area is 137 Å². The first-order valence-corrected chi connectivity index (χ1v) is 7.64. The van der Waals surface area contributed by atoms with Gasteiger partial charge in [0.2, 0.25) is 0 Å². The number of anilines is 1. The molecule has 2 heterocycles. The highest BCUT2D eigenvalue weighted by molar-refractivity contribution is 6.02. The molecule has 24 heavy (non-hydrogen) atoms. The van der Waals surface area contributed by atoms with E-state index < -0.39 is 0 Å². The Morgan fingerprint density at radius 3 is 3.04 bits per heavy atom. The standard InChI is InChI=1S/C16H15N5O3/c22-16(14-5-2-8-23-14)17-11-3-1-4-13(9-11)24-10-15-18-19-20-21(15)12-6-7-12/h1-5,8-9,12H,6-7,10H2,(H,17,22). The molecule has 1 aliphatic rings. The molecule has 3 aromatic rings. The molecule has 0 spiro atoms. The number of aromatic nitrogens is 4. The number of tetrazole rings is 1. The molecular formula is C16H15N5O3. The second-order valence-electron chi connectivity index (χ2n) is 5.52. The van der Waals surface area contributed by atoms with Gasteiger partial charge in [0, 0.05) is 11.8 Å². The summed E-state index contributed by atoms with van der Waals surface area (Å²) >= 11 is 0. The fraction of sp³-hybridized carbons (Fsp3) is 0.250. The number of hydrogen-bond acceptors (Lipinski definition) is 6. The van der Waals surface area contributed by atoms with Crippen molar-refractivity contribution in [3.05, 3.63) is 54.2 Å². The molecule has 0 radical (unpaired) electrons. The van der Waals surface area contributed by atoms with Crippen molar-refractivity contribution in [3.63, 3.8) is 0 Å². The lowest BCUT2D eigenvalue weighted by molar-refractivity contribution is 0.0996. The highest BCUT2D eigenvalue weighted by Crippen LogP contribution is 2.34. The summed E-state index contributed by atoms with van der Waals surface area (Å²) in [6.45, 7) is 0.277. The van der Waals surface area contributed by atoms with Crippen LogP contribution in [0.1, 0.15) is 35.3 Å². The number of amides is 1. The van der Waals surface area contributed by atoms with E-state index in [0.29, 0.717) is 23.3 Å². The van der Waals surface area contributed by atoms with E-state index in [1.54, 1.807) is 30.3 Å². The van der Waals surface area contributed by atoms with Crippen LogP contribution in [0.2, 0.25) is 0 Å². The normalized spacial score (nSPS) is 13.7. The van der Waals surface area contributed by atoms with E-state index in [1.165, 1.54) is 6.26 Å². The van der Waals surface area contributed by atoms with Gasteiger partial charge in [-0.05, 0) is 47.5 Å². The molecule has 1 fully saturated rings. The van der Waals surface area contributed by atoms with E-state index in [-0.39, 0.29) is 18.3 Å². The fourth-order valence-corrected chi connectivity index (χ4v) is 2.32. The molecule has 8 nitrogen and oxygen atoms in total. The summed E-state index contributed by atoms with van der Waals surface area (Å²) < 4.78 is 12.6. The van der Waals surface area contributed by atoms with E-state index >= 15 is 0 Å². The molecule has 2 aromatic heterocycles. The SMILES string of the molecule is O=C(Nc1cccc(OCc2nnnn2C2CC2)c1)c1ccco1. The predicted molar refractivity (Wildman–Crippen MR) is 83.5 cm³/mol. The van der Waals surface area contributed by atoms with Crippen LogP contribution in [0.15, 0.2) is 47.1 Å². The molecule has 0 atom stereocenters. The van der Waals surface area contributed by atoms with Gasteiger partial charge in [0.05, 0.1) is 12.3 Å². The van der Waals surface area contributed by atoms with Crippen LogP contribution in [-0.2, 0) is 6.61 Å². The van der Waals surface area contributed by atoms with E-state index in [2.05, 4.69) is 20.8 Å². The molecule has 4 rings (SSSR count). The molecule has 1 N–H and O–H groups in total. The monoisotopic (exact) mass is 325 g/mol. The number of carbonyl (C=O) groups excluding carboxylic acids is 1. The maximum atomic E-state index is 12.0. The fourth-order valence-electron chi connectivity index (χ4n) is 2.32. The third-order valence-corrected chi connectivity index (χ3v) is 3.66. The van der Waals surface area contributed by atoms with Gasteiger partial charge >= 0.3 is 0 Å². The van der Waals surface area contributed by atoms with Crippen LogP contribution in [0, 0.1) is 0 Å². The Bertz CT molecular complexity index is 839. The van der Waals surface area contributed by atoms with Crippen molar-refractivity contribution in [2.45, 2.75) is 25.5 Å². The molecule has 122 valence electrons. The number of nitrogens with zero attached hydrogens (tertiary/aromatic N) is 4. The van der Waals surface area contributed by atoms with E-state index in [9.17, 15) is 4.79 Å². The first-order chi connectivity index (χ1) is 11.8. The number of benzene rings is 1. The van der Waals surface area contributed by atoms with Crippen LogP contribution in [0.4, 0.5) is 5.69 Å². The molecule has 1 aliphatic carbocycles. The highest BCUT2D eigenvalue weighted by Gasteiger charge is 2.27. The van der Waals surface area contributed by atoms with Crippen molar-refractivity contribution in [1.29, 1.82) is 0 Å². The zero-order valence-electron chi connectivity index (χ0n) is 12.8. The van der Waals surface area contributed by atoms with Crippen LogP contribution < -0.4 is 10.1 Å². The second-order valence-corrected chi connectivity index (χ2v) is 5.52. The summed E-state index contributed by atoms with van der Waals surface area (Å²) in [6, 6.07) is 10.8. The van der Waals surface area contributed by atoms with Gasteiger partial charge in [-0.2, -0.15) is 0 Å².